The highest BCUT2D eigenvalue weighted by atomic mass is 16.6. The molecule has 2 rings (SSSR count). The van der Waals surface area contributed by atoms with Gasteiger partial charge in [0.05, 0.1) is 0 Å². The van der Waals surface area contributed by atoms with Crippen molar-refractivity contribution in [1.82, 2.24) is 0 Å². The standard InChI is InChI=1S/C11H14O6/c12-6(5-3-1-2-4-5)7(13)10-8(14)9(15)11(16)17-10/h7,10,12-15H,1-4H2/t7-,10+/m0/s1. The van der Waals surface area contributed by atoms with Gasteiger partial charge in [-0.15, -0.1) is 0 Å². The van der Waals surface area contributed by atoms with Crippen molar-refractivity contribution < 1.29 is 30.0 Å². The van der Waals surface area contributed by atoms with Crippen LogP contribution in [0.4, 0.5) is 0 Å². The van der Waals surface area contributed by atoms with E-state index in [0.717, 1.165) is 12.8 Å². The highest BCUT2D eigenvalue weighted by Gasteiger charge is 2.41. The van der Waals surface area contributed by atoms with Crippen LogP contribution < -0.4 is 0 Å². The number of allylic oxidation sites excluding steroid dienone is 1. The lowest BCUT2D eigenvalue weighted by molar-refractivity contribution is -0.146. The second kappa shape index (κ2) is 4.29. The smallest absolute Gasteiger partial charge is 0.378 e. The Morgan fingerprint density at radius 1 is 1.29 bits per heavy atom. The van der Waals surface area contributed by atoms with Crippen LogP contribution in [0.25, 0.3) is 0 Å². The number of carbonyl (C=O) groups excluding carboxylic acids is 1. The van der Waals surface area contributed by atoms with E-state index in [2.05, 4.69) is 4.74 Å². The number of hydrogen-bond donors (Lipinski definition) is 4. The molecule has 1 aliphatic heterocycles. The predicted octanol–water partition coefficient (Wildman–Crippen LogP) is 0.986. The maximum atomic E-state index is 10.9. The Labute approximate surface area is 97.4 Å². The van der Waals surface area contributed by atoms with Gasteiger partial charge >= 0.3 is 5.97 Å². The Morgan fingerprint density at radius 2 is 1.88 bits per heavy atom. The monoisotopic (exact) mass is 242 g/mol. The lowest BCUT2D eigenvalue weighted by atomic mass is 10.1. The number of rotatable bonds is 2. The normalized spacial score (nSPS) is 26.3. The summed E-state index contributed by atoms with van der Waals surface area (Å²) in [5.74, 6) is -3.04. The van der Waals surface area contributed by atoms with Gasteiger partial charge in [0.2, 0.25) is 5.76 Å². The fourth-order valence-corrected chi connectivity index (χ4v) is 2.09. The molecule has 1 aliphatic carbocycles. The van der Waals surface area contributed by atoms with Crippen LogP contribution in [0.1, 0.15) is 25.7 Å². The number of aliphatic hydroxyl groups excluding tert-OH is 4. The number of hydrogen-bond acceptors (Lipinski definition) is 6. The number of aliphatic hydroxyl groups is 4. The van der Waals surface area contributed by atoms with Crippen molar-refractivity contribution in [3.05, 3.63) is 22.9 Å². The molecule has 1 heterocycles. The zero-order chi connectivity index (χ0) is 12.6. The van der Waals surface area contributed by atoms with Crippen molar-refractivity contribution in [2.45, 2.75) is 37.9 Å². The van der Waals surface area contributed by atoms with Gasteiger partial charge in [-0.3, -0.25) is 0 Å². The van der Waals surface area contributed by atoms with Crippen molar-refractivity contribution in [3.8, 4) is 0 Å². The average molecular weight is 242 g/mol. The zero-order valence-electron chi connectivity index (χ0n) is 9.09. The molecule has 6 nitrogen and oxygen atoms in total. The van der Waals surface area contributed by atoms with Crippen molar-refractivity contribution in [1.29, 1.82) is 0 Å². The minimum absolute atomic E-state index is 0.276. The van der Waals surface area contributed by atoms with Crippen molar-refractivity contribution in [2.75, 3.05) is 0 Å². The molecule has 0 spiro atoms. The molecule has 1 fully saturated rings. The average Bonchev–Trinajstić information content (AvgIpc) is 2.92. The molecule has 1 saturated carbocycles. The summed E-state index contributed by atoms with van der Waals surface area (Å²) in [4.78, 5) is 10.9. The SMILES string of the molecule is O=C1O[C@H]([C@@H](O)C(O)=C2CCCC2)C(O)=C1O. The molecule has 2 atom stereocenters. The third kappa shape index (κ3) is 1.95. The zero-order valence-corrected chi connectivity index (χ0v) is 9.09. The van der Waals surface area contributed by atoms with Crippen LogP contribution in [-0.2, 0) is 9.53 Å². The highest BCUT2D eigenvalue weighted by Crippen LogP contribution is 2.31. The molecule has 0 aromatic carbocycles. The van der Waals surface area contributed by atoms with Gasteiger partial charge in [-0.05, 0) is 31.3 Å². The van der Waals surface area contributed by atoms with Crippen molar-refractivity contribution >= 4 is 5.97 Å². The van der Waals surface area contributed by atoms with Gasteiger partial charge in [-0.2, -0.15) is 0 Å². The van der Waals surface area contributed by atoms with Gasteiger partial charge in [0.1, 0.15) is 5.76 Å². The molecule has 0 amide bonds. The summed E-state index contributed by atoms with van der Waals surface area (Å²) < 4.78 is 4.57. The molecule has 6 heteroatoms. The van der Waals surface area contributed by atoms with Crippen LogP contribution in [0.3, 0.4) is 0 Å². The fraction of sp³-hybridized carbons (Fsp3) is 0.545. The second-order valence-electron chi connectivity index (χ2n) is 4.20. The Morgan fingerprint density at radius 3 is 2.35 bits per heavy atom. The third-order valence-corrected chi connectivity index (χ3v) is 3.08. The summed E-state index contributed by atoms with van der Waals surface area (Å²) in [6, 6.07) is 0. The number of carbonyl (C=O) groups is 1. The van der Waals surface area contributed by atoms with Crippen molar-refractivity contribution in [3.63, 3.8) is 0 Å². The third-order valence-electron chi connectivity index (χ3n) is 3.08. The molecule has 4 N–H and O–H groups in total. The lowest BCUT2D eigenvalue weighted by Gasteiger charge is -2.18. The number of esters is 1. The van der Waals surface area contributed by atoms with Crippen LogP contribution in [0.15, 0.2) is 22.9 Å². The fourth-order valence-electron chi connectivity index (χ4n) is 2.09. The molecular weight excluding hydrogens is 228 g/mol. The maximum absolute atomic E-state index is 10.9. The maximum Gasteiger partial charge on any atom is 0.378 e. The molecule has 2 aliphatic rings. The van der Waals surface area contributed by atoms with Crippen molar-refractivity contribution in [2.24, 2.45) is 0 Å². The molecular formula is C11H14O6. The summed E-state index contributed by atoms with van der Waals surface area (Å²) in [6.45, 7) is 0. The van der Waals surface area contributed by atoms with E-state index in [0.29, 0.717) is 18.4 Å². The molecule has 0 radical (unpaired) electrons. The topological polar surface area (TPSA) is 107 Å². The van der Waals surface area contributed by atoms with E-state index in [-0.39, 0.29) is 5.76 Å². The molecule has 0 saturated heterocycles. The van der Waals surface area contributed by atoms with Gasteiger partial charge in [0.15, 0.2) is 18.0 Å². The van der Waals surface area contributed by atoms with Gasteiger partial charge in [0, 0.05) is 0 Å². The van der Waals surface area contributed by atoms with E-state index in [1.54, 1.807) is 0 Å². The van der Waals surface area contributed by atoms with Gasteiger partial charge in [-0.1, -0.05) is 0 Å². The Hall–Kier alpha value is -1.69. The summed E-state index contributed by atoms with van der Waals surface area (Å²) in [7, 11) is 0. The summed E-state index contributed by atoms with van der Waals surface area (Å²) in [5.41, 5.74) is 0.702. The van der Waals surface area contributed by atoms with Crippen LogP contribution in [0.5, 0.6) is 0 Å². The minimum Gasteiger partial charge on any atom is -0.509 e. The lowest BCUT2D eigenvalue weighted by Crippen LogP contribution is -2.31. The summed E-state index contributed by atoms with van der Waals surface area (Å²) in [6.07, 6.45) is 0.278. The molecule has 17 heavy (non-hydrogen) atoms. The van der Waals surface area contributed by atoms with E-state index in [1.807, 2.05) is 0 Å². The van der Waals surface area contributed by atoms with Crippen LogP contribution >= 0.6 is 0 Å². The van der Waals surface area contributed by atoms with E-state index in [1.165, 1.54) is 0 Å². The van der Waals surface area contributed by atoms with Crippen LogP contribution in [0, 0.1) is 0 Å². The molecule has 0 aromatic heterocycles. The Balaban J connectivity index is 2.19. The largest absolute Gasteiger partial charge is 0.509 e. The minimum atomic E-state index is -1.53. The number of ether oxygens (including phenoxy) is 1. The molecule has 94 valence electrons. The molecule has 0 aromatic rings. The van der Waals surface area contributed by atoms with Crippen LogP contribution in [-0.4, -0.2) is 38.6 Å². The van der Waals surface area contributed by atoms with Gasteiger partial charge in [-0.25, -0.2) is 4.79 Å². The van der Waals surface area contributed by atoms with E-state index < -0.39 is 29.7 Å². The quantitative estimate of drug-likeness (QED) is 0.425. The van der Waals surface area contributed by atoms with Gasteiger partial charge < -0.3 is 25.2 Å². The summed E-state index contributed by atoms with van der Waals surface area (Å²) >= 11 is 0. The molecule has 0 unspecified atom stereocenters. The number of cyclic esters (lactones) is 1. The van der Waals surface area contributed by atoms with E-state index in [9.17, 15) is 20.1 Å². The van der Waals surface area contributed by atoms with E-state index >= 15 is 0 Å². The first-order valence-corrected chi connectivity index (χ1v) is 5.44. The van der Waals surface area contributed by atoms with E-state index in [4.69, 9.17) is 5.11 Å². The Kier molecular flexibility index (Phi) is 2.97. The predicted molar refractivity (Wildman–Crippen MR) is 56.3 cm³/mol. The van der Waals surface area contributed by atoms with Gasteiger partial charge in [0.25, 0.3) is 0 Å². The van der Waals surface area contributed by atoms with Crippen LogP contribution in [0.2, 0.25) is 0 Å². The first-order valence-electron chi connectivity index (χ1n) is 5.44. The first kappa shape index (κ1) is 11.8. The second-order valence-corrected chi connectivity index (χ2v) is 4.20. The Bertz CT molecular complexity index is 400. The summed E-state index contributed by atoms with van der Waals surface area (Å²) in [5, 5.41) is 38.0. The highest BCUT2D eigenvalue weighted by molar-refractivity contribution is 5.89. The first-order chi connectivity index (χ1) is 8.02. The molecule has 0 bridgehead atoms.